The van der Waals surface area contributed by atoms with Crippen molar-refractivity contribution in [2.75, 3.05) is 18.5 Å². The van der Waals surface area contributed by atoms with E-state index in [0.717, 1.165) is 6.04 Å². The summed E-state index contributed by atoms with van der Waals surface area (Å²) in [5.41, 5.74) is 2.67. The van der Waals surface area contributed by atoms with Crippen LogP contribution in [0.25, 0.3) is 0 Å². The van der Waals surface area contributed by atoms with Gasteiger partial charge in [0.15, 0.2) is 0 Å². The zero-order chi connectivity index (χ0) is 16.3. The highest BCUT2D eigenvalue weighted by Crippen LogP contribution is 2.28. The average Bonchev–Trinajstić information content (AvgIpc) is 2.34. The lowest BCUT2D eigenvalue weighted by Gasteiger charge is -2.46. The molecule has 1 aromatic carbocycles. The van der Waals surface area contributed by atoms with E-state index in [4.69, 9.17) is 8.85 Å². The molecule has 0 aromatic heterocycles. The fourth-order valence-corrected chi connectivity index (χ4v) is 13.9. The molecule has 1 radical (unpaired) electrons. The van der Waals surface area contributed by atoms with Gasteiger partial charge in [-0.25, -0.2) is 0 Å². The summed E-state index contributed by atoms with van der Waals surface area (Å²) < 4.78 is 13.5. The van der Waals surface area contributed by atoms with Crippen LogP contribution >= 0.6 is 0 Å². The molecule has 0 atom stereocenters. The fourth-order valence-electron chi connectivity index (χ4n) is 2.94. The van der Waals surface area contributed by atoms with E-state index < -0.39 is 25.8 Å². The molecule has 0 heterocycles. The Morgan fingerprint density at radius 3 is 1.62 bits per heavy atom. The van der Waals surface area contributed by atoms with Crippen LogP contribution in [-0.4, -0.2) is 40.0 Å². The van der Waals surface area contributed by atoms with E-state index in [1.54, 1.807) is 14.2 Å². The predicted octanol–water partition coefficient (Wildman–Crippen LogP) is 4.03. The summed E-state index contributed by atoms with van der Waals surface area (Å²) in [7, 11) is -0.456. The van der Waals surface area contributed by atoms with Crippen molar-refractivity contribution >= 4 is 31.4 Å². The van der Waals surface area contributed by atoms with E-state index >= 15 is 0 Å². The summed E-state index contributed by atoms with van der Waals surface area (Å²) in [6.07, 6.45) is 0. The molecule has 6 heteroatoms. The number of anilines is 1. The molecule has 1 aromatic rings. The van der Waals surface area contributed by atoms with Crippen molar-refractivity contribution in [3.8, 4) is 0 Å². The first-order valence-electron chi connectivity index (χ1n) is 7.42. The van der Waals surface area contributed by atoms with Gasteiger partial charge < -0.3 is 13.1 Å². The number of benzene rings is 1. The minimum atomic E-state index is -1.37. The molecule has 0 N–H and O–H groups in total. The second-order valence-corrected chi connectivity index (χ2v) is 19.2. The second kappa shape index (κ2) is 7.24. The molecule has 0 unspecified atom stereocenters. The SMILES string of the molecule is CO[Si](Cc1ccc(N([Si](C)(C)C)[Si](C)(C)C)cc1)OC. The maximum Gasteiger partial charge on any atom is 0.388 e. The minimum Gasteiger partial charge on any atom is -0.425 e. The van der Waals surface area contributed by atoms with E-state index in [1.165, 1.54) is 11.3 Å². The van der Waals surface area contributed by atoms with Gasteiger partial charge in [0.1, 0.15) is 16.5 Å². The van der Waals surface area contributed by atoms with Gasteiger partial charge in [0.25, 0.3) is 0 Å². The van der Waals surface area contributed by atoms with E-state index in [9.17, 15) is 0 Å². The van der Waals surface area contributed by atoms with E-state index in [0.29, 0.717) is 0 Å². The first-order valence-corrected chi connectivity index (χ1v) is 15.8. The number of nitrogens with zero attached hydrogens (tertiary/aromatic N) is 1. The Labute approximate surface area is 134 Å². The zero-order valence-corrected chi connectivity index (χ0v) is 17.8. The van der Waals surface area contributed by atoms with Crippen molar-refractivity contribution in [1.29, 1.82) is 0 Å². The van der Waals surface area contributed by atoms with Gasteiger partial charge >= 0.3 is 9.28 Å². The lowest BCUT2D eigenvalue weighted by molar-refractivity contribution is 0.277. The highest BCUT2D eigenvalue weighted by Gasteiger charge is 2.34. The predicted molar refractivity (Wildman–Crippen MR) is 99.1 cm³/mol. The average molecular weight is 341 g/mol. The Morgan fingerprint density at radius 1 is 0.857 bits per heavy atom. The van der Waals surface area contributed by atoms with E-state index in [1.807, 2.05) is 0 Å². The lowest BCUT2D eigenvalue weighted by Crippen LogP contribution is -2.59. The molecule has 0 aliphatic heterocycles. The second-order valence-electron chi connectivity index (χ2n) is 7.30. The van der Waals surface area contributed by atoms with Gasteiger partial charge in [0.05, 0.1) is 0 Å². The van der Waals surface area contributed by atoms with Gasteiger partial charge in [-0.1, -0.05) is 51.4 Å². The molecule has 21 heavy (non-hydrogen) atoms. The largest absolute Gasteiger partial charge is 0.425 e. The number of hydrogen-bond donors (Lipinski definition) is 0. The summed E-state index contributed by atoms with van der Waals surface area (Å²) in [5, 5.41) is 0. The van der Waals surface area contributed by atoms with Crippen molar-refractivity contribution in [3.63, 3.8) is 0 Å². The van der Waals surface area contributed by atoms with Crippen molar-refractivity contribution in [2.24, 2.45) is 0 Å². The van der Waals surface area contributed by atoms with Gasteiger partial charge in [-0.2, -0.15) is 0 Å². The van der Waals surface area contributed by atoms with Crippen molar-refractivity contribution in [2.45, 2.75) is 45.3 Å². The lowest BCUT2D eigenvalue weighted by atomic mass is 10.2. The Bertz CT molecular complexity index is 420. The quantitative estimate of drug-likeness (QED) is 0.700. The normalized spacial score (nSPS) is 12.8. The smallest absolute Gasteiger partial charge is 0.388 e. The third-order valence-corrected chi connectivity index (χ3v) is 12.2. The molecule has 0 aliphatic carbocycles. The molecule has 0 saturated heterocycles. The Kier molecular flexibility index (Phi) is 6.42. The van der Waals surface area contributed by atoms with Crippen molar-refractivity contribution < 1.29 is 8.85 Å². The number of hydrogen-bond acceptors (Lipinski definition) is 3. The number of rotatable bonds is 7. The van der Waals surface area contributed by atoms with Crippen molar-refractivity contribution in [3.05, 3.63) is 29.8 Å². The Hall–Kier alpha value is -0.409. The monoisotopic (exact) mass is 340 g/mol. The molecule has 0 amide bonds. The van der Waals surface area contributed by atoms with Crippen molar-refractivity contribution in [1.82, 2.24) is 0 Å². The maximum absolute atomic E-state index is 5.37. The van der Waals surface area contributed by atoms with Crippen LogP contribution in [-0.2, 0) is 14.9 Å². The molecule has 0 fully saturated rings. The van der Waals surface area contributed by atoms with Crippen LogP contribution in [0, 0.1) is 0 Å². The standard InChI is InChI=1S/C15H30NO2Si3/c1-17-19(18-2)13-14-9-11-15(12-10-14)16(20(3,4)5)21(6,7)8/h9-12H,13H2,1-8H3. The van der Waals surface area contributed by atoms with E-state index in [-0.39, 0.29) is 0 Å². The van der Waals surface area contributed by atoms with Crippen LogP contribution in [0.3, 0.4) is 0 Å². The molecule has 0 spiro atoms. The van der Waals surface area contributed by atoms with Crippen LogP contribution in [0.4, 0.5) is 5.69 Å². The van der Waals surface area contributed by atoms with Crippen LogP contribution < -0.4 is 4.23 Å². The van der Waals surface area contributed by atoms with Gasteiger partial charge in [-0.15, -0.1) is 0 Å². The zero-order valence-electron chi connectivity index (χ0n) is 14.8. The molecule has 3 nitrogen and oxygen atoms in total. The van der Waals surface area contributed by atoms with Crippen LogP contribution in [0.15, 0.2) is 24.3 Å². The summed E-state index contributed by atoms with van der Waals surface area (Å²) in [6.45, 7) is 14.6. The van der Waals surface area contributed by atoms with Gasteiger partial charge in [-0.3, -0.25) is 0 Å². The van der Waals surface area contributed by atoms with Crippen LogP contribution in [0.1, 0.15) is 5.56 Å². The van der Waals surface area contributed by atoms with Crippen LogP contribution in [0.2, 0.25) is 39.3 Å². The molecular formula is C15H30NO2Si3. The summed E-state index contributed by atoms with van der Waals surface area (Å²) >= 11 is 0. The molecule has 1 rings (SSSR count). The molecule has 0 aliphatic rings. The molecule has 0 bridgehead atoms. The summed E-state index contributed by atoms with van der Waals surface area (Å²) in [4.78, 5) is 0. The topological polar surface area (TPSA) is 21.7 Å². The molecule has 0 saturated carbocycles. The third-order valence-electron chi connectivity index (χ3n) is 3.34. The summed E-state index contributed by atoms with van der Waals surface area (Å²) in [6, 6.07) is 9.89. The van der Waals surface area contributed by atoms with E-state index in [2.05, 4.69) is 67.8 Å². The summed E-state index contributed by atoms with van der Waals surface area (Å²) in [5.74, 6) is 0. The minimum absolute atomic E-state index is 0.887. The highest BCUT2D eigenvalue weighted by atomic mass is 28.4. The molecular weight excluding hydrogens is 310 g/mol. The van der Waals surface area contributed by atoms with Gasteiger partial charge in [0, 0.05) is 26.0 Å². The van der Waals surface area contributed by atoms with Gasteiger partial charge in [0.2, 0.25) is 0 Å². The highest BCUT2D eigenvalue weighted by molar-refractivity contribution is 6.99. The maximum atomic E-state index is 5.37. The first kappa shape index (κ1) is 18.6. The Morgan fingerprint density at radius 2 is 1.29 bits per heavy atom. The van der Waals surface area contributed by atoms with Gasteiger partial charge in [-0.05, 0) is 17.7 Å². The first-order chi connectivity index (χ1) is 9.59. The Balaban J connectivity index is 2.99. The molecule has 119 valence electrons. The fraction of sp³-hybridized carbons (Fsp3) is 0.600. The third kappa shape index (κ3) is 5.37. The van der Waals surface area contributed by atoms with Crippen LogP contribution in [0.5, 0.6) is 0 Å².